The Morgan fingerprint density at radius 1 is 0.340 bits per heavy atom. The third kappa shape index (κ3) is 42.1. The lowest BCUT2D eigenvalue weighted by Gasteiger charge is -2.49. The van der Waals surface area contributed by atoms with Crippen molar-refractivity contribution in [2.24, 2.45) is 0 Å². The van der Waals surface area contributed by atoms with Crippen LogP contribution in [0.15, 0.2) is 0 Å². The van der Waals surface area contributed by atoms with Crippen LogP contribution in [0.2, 0.25) is 0 Å². The van der Waals surface area contributed by atoms with E-state index in [4.69, 9.17) is 42.2 Å². The number of ether oxygens (including phenoxy) is 7. The maximum Gasteiger partial charge on any atom is 0.472 e. The van der Waals surface area contributed by atoms with Crippen LogP contribution in [0.25, 0.3) is 0 Å². The fraction of sp³-hybridized carbons (Fsp3) is 0.962. The molecule has 0 spiro atoms. The van der Waals surface area contributed by atoms with Gasteiger partial charge in [0, 0.05) is 19.3 Å². The van der Waals surface area contributed by atoms with Crippen molar-refractivity contribution in [2.45, 2.75) is 452 Å². The van der Waals surface area contributed by atoms with Crippen molar-refractivity contribution < 1.29 is 117 Å². The second-order valence-corrected chi connectivity index (χ2v) is 31.3. The molecule has 608 valence electrons. The number of carbonyl (C=O) groups excluding carboxylic acids is 3. The summed E-state index contributed by atoms with van der Waals surface area (Å²) in [6.45, 7) is 3.52. The van der Waals surface area contributed by atoms with Gasteiger partial charge in [-0.25, -0.2) is 4.57 Å². The van der Waals surface area contributed by atoms with Gasteiger partial charge < -0.3 is 89.1 Å². The Kier molecular flexibility index (Phi) is 55.2. The standard InChI is InChI=1S/C78H147O24P/c1-4-7-10-13-16-19-22-25-28-30-33-35-38-41-44-47-50-53-63(81)95-58-61-66(84)68(86)73(91)78(99-61)101-75-71(89)69(87)70(88)74(100-77-72(90)67(85)65(83)60(55-79)98-77)76(75)102-103(92,93)96-57-59(97-64(82)54-51-48-45-42-39-36-31-27-24-21-18-15-12-9-6-3)56-94-62(80)52-49-46-43-40-37-34-32-29-26-23-20-17-14-11-8-5-2/h59-61,65-79,83-91H,4-58H2,1-3H3,(H,92,93). The normalized spacial score (nSPS) is 26.8. The SMILES string of the molecule is CCCCCCCCCCCCCCCCCCCC(=O)OCC1OC(OC2C(O)C(O)C(O)C(OC3OC(CO)C(O)C(O)C3O)C2OP(=O)(O)OCC(COC(=O)CCCCCCCCCCCCCCCCCC)OC(=O)CCCCCCCCCCCCCCCCC)C(O)C(O)C1O. The summed E-state index contributed by atoms with van der Waals surface area (Å²) >= 11 is 0. The fourth-order valence-electron chi connectivity index (χ4n) is 13.9. The molecule has 2 heterocycles. The average molecular weight is 1500 g/mol. The number of esters is 3. The largest absolute Gasteiger partial charge is 0.472 e. The fourth-order valence-corrected chi connectivity index (χ4v) is 14.9. The lowest BCUT2D eigenvalue weighted by atomic mass is 9.84. The van der Waals surface area contributed by atoms with E-state index in [1.807, 2.05) is 0 Å². The lowest BCUT2D eigenvalue weighted by Crippen LogP contribution is -2.69. The molecule has 1 aliphatic carbocycles. The van der Waals surface area contributed by atoms with Gasteiger partial charge >= 0.3 is 25.7 Å². The van der Waals surface area contributed by atoms with Gasteiger partial charge in [-0.05, 0) is 19.3 Å². The summed E-state index contributed by atoms with van der Waals surface area (Å²) in [7, 11) is -5.70. The maximum atomic E-state index is 14.4. The van der Waals surface area contributed by atoms with Crippen molar-refractivity contribution in [1.29, 1.82) is 0 Å². The maximum absolute atomic E-state index is 14.4. The molecule has 3 aliphatic rings. The molecular weight excluding hydrogens is 1350 g/mol. The number of hydrogen-bond donors (Lipinski definition) is 11. The molecule has 3 fully saturated rings. The van der Waals surface area contributed by atoms with Gasteiger partial charge in [0.2, 0.25) is 0 Å². The number of hydrogen-bond acceptors (Lipinski definition) is 23. The number of phosphoric ester groups is 1. The van der Waals surface area contributed by atoms with Crippen LogP contribution in [0.4, 0.5) is 0 Å². The number of unbranched alkanes of at least 4 members (excludes halogenated alkanes) is 45. The number of rotatable bonds is 66. The van der Waals surface area contributed by atoms with E-state index >= 15 is 0 Å². The number of aliphatic hydroxyl groups excluding tert-OH is 10. The Morgan fingerprint density at radius 3 is 0.951 bits per heavy atom. The van der Waals surface area contributed by atoms with Crippen molar-refractivity contribution >= 4 is 25.7 Å². The summed E-state index contributed by atoms with van der Waals surface area (Å²) in [4.78, 5) is 51.2. The van der Waals surface area contributed by atoms with Crippen molar-refractivity contribution in [2.75, 3.05) is 26.4 Å². The first-order valence-electron chi connectivity index (χ1n) is 41.3. The quantitative estimate of drug-likeness (QED) is 0.0117. The smallest absolute Gasteiger partial charge is 0.463 e. The van der Waals surface area contributed by atoms with Gasteiger partial charge in [-0.15, -0.1) is 0 Å². The first-order chi connectivity index (χ1) is 49.8. The molecule has 2 saturated heterocycles. The highest BCUT2D eigenvalue weighted by atomic mass is 31.2. The lowest BCUT2D eigenvalue weighted by molar-refractivity contribution is -0.360. The van der Waals surface area contributed by atoms with Gasteiger partial charge in [0.1, 0.15) is 98.7 Å². The first kappa shape index (κ1) is 95.2. The third-order valence-electron chi connectivity index (χ3n) is 20.6. The minimum absolute atomic E-state index is 0.0327. The molecular formula is C78H147O24P. The van der Waals surface area contributed by atoms with Crippen LogP contribution >= 0.6 is 7.82 Å². The Labute approximate surface area is 619 Å². The number of carbonyl (C=O) groups is 3. The van der Waals surface area contributed by atoms with Crippen molar-refractivity contribution in [3.8, 4) is 0 Å². The summed E-state index contributed by atoms with van der Waals surface area (Å²) in [5, 5.41) is 110. The van der Waals surface area contributed by atoms with Gasteiger partial charge in [0.25, 0.3) is 0 Å². The van der Waals surface area contributed by atoms with Crippen LogP contribution in [0.3, 0.4) is 0 Å². The van der Waals surface area contributed by atoms with E-state index in [0.29, 0.717) is 19.3 Å². The Hall–Kier alpha value is -2.04. The van der Waals surface area contributed by atoms with E-state index in [1.165, 1.54) is 199 Å². The zero-order chi connectivity index (χ0) is 75.3. The highest BCUT2D eigenvalue weighted by Crippen LogP contribution is 2.49. The minimum atomic E-state index is -5.70. The number of phosphoric acid groups is 1. The molecule has 0 radical (unpaired) electrons. The van der Waals surface area contributed by atoms with Crippen LogP contribution in [-0.4, -0.2) is 204 Å². The van der Waals surface area contributed by atoms with Crippen molar-refractivity contribution in [3.63, 3.8) is 0 Å². The summed E-state index contributed by atoms with van der Waals surface area (Å²) in [6, 6.07) is 0. The molecule has 18 atom stereocenters. The van der Waals surface area contributed by atoms with E-state index in [9.17, 15) is 74.9 Å². The van der Waals surface area contributed by atoms with E-state index in [1.54, 1.807) is 0 Å². The monoisotopic (exact) mass is 1500 g/mol. The number of aliphatic hydroxyl groups is 10. The van der Waals surface area contributed by atoms with Crippen LogP contribution < -0.4 is 0 Å². The van der Waals surface area contributed by atoms with Gasteiger partial charge in [-0.3, -0.25) is 23.4 Å². The highest BCUT2D eigenvalue weighted by Gasteiger charge is 2.58. The Morgan fingerprint density at radius 2 is 0.621 bits per heavy atom. The molecule has 11 N–H and O–H groups in total. The molecule has 0 amide bonds. The molecule has 0 bridgehead atoms. The molecule has 0 aromatic carbocycles. The zero-order valence-electron chi connectivity index (χ0n) is 63.9. The van der Waals surface area contributed by atoms with Crippen LogP contribution in [0.5, 0.6) is 0 Å². The topological polar surface area (TPSA) is 374 Å². The van der Waals surface area contributed by atoms with Gasteiger partial charge in [-0.2, -0.15) is 0 Å². The van der Waals surface area contributed by atoms with E-state index in [2.05, 4.69) is 20.8 Å². The van der Waals surface area contributed by atoms with Gasteiger partial charge in [-0.1, -0.05) is 310 Å². The van der Waals surface area contributed by atoms with E-state index in [-0.39, 0.29) is 19.3 Å². The molecule has 0 aromatic rings. The van der Waals surface area contributed by atoms with Crippen LogP contribution in [0, 0.1) is 0 Å². The Balaban J connectivity index is 1.69. The second kappa shape index (κ2) is 59.8. The van der Waals surface area contributed by atoms with Crippen molar-refractivity contribution in [1.82, 2.24) is 0 Å². The molecule has 0 aromatic heterocycles. The van der Waals surface area contributed by atoms with E-state index < -0.39 is 156 Å². The predicted octanol–water partition coefficient (Wildman–Crippen LogP) is 12.9. The van der Waals surface area contributed by atoms with Gasteiger partial charge in [0.15, 0.2) is 18.7 Å². The summed E-state index contributed by atoms with van der Waals surface area (Å²) < 4.78 is 65.3. The average Bonchev–Trinajstić information content (AvgIpc) is 0.761. The minimum Gasteiger partial charge on any atom is -0.463 e. The zero-order valence-corrected chi connectivity index (χ0v) is 64.8. The van der Waals surface area contributed by atoms with Crippen molar-refractivity contribution in [3.05, 3.63) is 0 Å². The molecule has 2 aliphatic heterocycles. The molecule has 18 unspecified atom stereocenters. The van der Waals surface area contributed by atoms with E-state index in [0.717, 1.165) is 89.9 Å². The molecule has 103 heavy (non-hydrogen) atoms. The third-order valence-corrected chi connectivity index (χ3v) is 21.6. The van der Waals surface area contributed by atoms with Gasteiger partial charge in [0.05, 0.1) is 13.2 Å². The molecule has 24 nitrogen and oxygen atoms in total. The molecule has 1 saturated carbocycles. The highest BCUT2D eigenvalue weighted by molar-refractivity contribution is 7.47. The Bertz CT molecular complexity index is 2120. The van der Waals surface area contributed by atoms with Crippen LogP contribution in [0.1, 0.15) is 348 Å². The first-order valence-corrected chi connectivity index (χ1v) is 42.8. The van der Waals surface area contributed by atoms with Crippen LogP contribution in [-0.2, 0) is 61.2 Å². The molecule has 25 heteroatoms. The second-order valence-electron chi connectivity index (χ2n) is 29.9. The summed E-state index contributed by atoms with van der Waals surface area (Å²) in [5.74, 6) is -1.96. The summed E-state index contributed by atoms with van der Waals surface area (Å²) in [6.07, 6.45) is 19.9. The predicted molar refractivity (Wildman–Crippen MR) is 393 cm³/mol. The molecule has 3 rings (SSSR count). The summed E-state index contributed by atoms with van der Waals surface area (Å²) in [5.41, 5.74) is 0.